The van der Waals surface area contributed by atoms with E-state index in [1.54, 1.807) is 42.5 Å². The molecule has 1 amide bonds. The number of carbonyl (C=O) groups is 1. The fourth-order valence-corrected chi connectivity index (χ4v) is 2.91. The molecule has 0 fully saturated rings. The van der Waals surface area contributed by atoms with Gasteiger partial charge in [-0.3, -0.25) is 14.9 Å². The van der Waals surface area contributed by atoms with E-state index in [-0.39, 0.29) is 5.69 Å². The molecule has 0 atom stereocenters. The minimum absolute atomic E-state index is 0.00374. The standard InChI is InChI=1S/C18H11ClIN3O4/c19-16-7-3-12(20)9-15(16)18(24)22-21-10-14-6-8-17(27-14)11-1-4-13(5-2-11)23(25)26/h1-10H,(H,22,24)/b21-10+. The van der Waals surface area contributed by atoms with Crippen LogP contribution >= 0.6 is 34.2 Å². The average Bonchev–Trinajstić information content (AvgIpc) is 3.12. The second-order valence-corrected chi connectivity index (χ2v) is 6.98. The predicted molar refractivity (Wildman–Crippen MR) is 110 cm³/mol. The smallest absolute Gasteiger partial charge is 0.272 e. The van der Waals surface area contributed by atoms with E-state index in [1.807, 2.05) is 0 Å². The maximum absolute atomic E-state index is 12.1. The van der Waals surface area contributed by atoms with E-state index in [2.05, 4.69) is 33.1 Å². The summed E-state index contributed by atoms with van der Waals surface area (Å²) in [5, 5.41) is 14.9. The van der Waals surface area contributed by atoms with Crippen LogP contribution in [0, 0.1) is 13.7 Å². The molecule has 9 heteroatoms. The third-order valence-corrected chi connectivity index (χ3v) is 4.52. The van der Waals surface area contributed by atoms with E-state index in [9.17, 15) is 14.9 Å². The second-order valence-electron chi connectivity index (χ2n) is 5.33. The number of carbonyl (C=O) groups excluding carboxylic acids is 1. The van der Waals surface area contributed by atoms with Gasteiger partial charge in [-0.05, 0) is 65.1 Å². The van der Waals surface area contributed by atoms with Crippen molar-refractivity contribution in [3.05, 3.63) is 84.6 Å². The molecule has 2 aromatic carbocycles. The van der Waals surface area contributed by atoms with Crippen LogP contribution < -0.4 is 5.43 Å². The molecule has 1 aromatic heterocycles. The molecule has 0 aliphatic rings. The van der Waals surface area contributed by atoms with Crippen LogP contribution in [-0.2, 0) is 0 Å². The van der Waals surface area contributed by atoms with Crippen molar-refractivity contribution in [2.24, 2.45) is 5.10 Å². The highest BCUT2D eigenvalue weighted by Crippen LogP contribution is 2.24. The molecular formula is C18H11ClIN3O4. The zero-order chi connectivity index (χ0) is 19.4. The first-order valence-electron chi connectivity index (χ1n) is 7.57. The van der Waals surface area contributed by atoms with Crippen LogP contribution in [0.4, 0.5) is 5.69 Å². The van der Waals surface area contributed by atoms with Crippen molar-refractivity contribution in [3.63, 3.8) is 0 Å². The lowest BCUT2D eigenvalue weighted by Crippen LogP contribution is -2.18. The molecule has 7 nitrogen and oxygen atoms in total. The van der Waals surface area contributed by atoms with E-state index >= 15 is 0 Å². The predicted octanol–water partition coefficient (Wildman–Crippen LogP) is 4.88. The van der Waals surface area contributed by atoms with Gasteiger partial charge in [0.05, 0.1) is 21.7 Å². The molecule has 0 saturated carbocycles. The average molecular weight is 496 g/mol. The van der Waals surface area contributed by atoms with Crippen LogP contribution in [0.2, 0.25) is 5.02 Å². The molecule has 0 bridgehead atoms. The highest BCUT2D eigenvalue weighted by Gasteiger charge is 2.10. The van der Waals surface area contributed by atoms with Gasteiger partial charge in [-0.25, -0.2) is 5.43 Å². The first kappa shape index (κ1) is 19.1. The van der Waals surface area contributed by atoms with Crippen LogP contribution in [0.15, 0.2) is 64.1 Å². The largest absolute Gasteiger partial charge is 0.455 e. The summed E-state index contributed by atoms with van der Waals surface area (Å²) in [4.78, 5) is 22.3. The van der Waals surface area contributed by atoms with Crippen LogP contribution in [0.25, 0.3) is 11.3 Å². The number of non-ortho nitro benzene ring substituents is 1. The summed E-state index contributed by atoms with van der Waals surface area (Å²) < 4.78 is 6.48. The van der Waals surface area contributed by atoms with Gasteiger partial charge in [0.2, 0.25) is 0 Å². The zero-order valence-corrected chi connectivity index (χ0v) is 16.5. The van der Waals surface area contributed by atoms with E-state index in [0.29, 0.717) is 27.7 Å². The van der Waals surface area contributed by atoms with Crippen LogP contribution in [0.1, 0.15) is 16.1 Å². The van der Waals surface area contributed by atoms with Gasteiger partial charge in [-0.2, -0.15) is 5.10 Å². The van der Waals surface area contributed by atoms with E-state index in [0.717, 1.165) is 3.57 Å². The number of hydrogen-bond donors (Lipinski definition) is 1. The Bertz CT molecular complexity index is 1030. The molecule has 27 heavy (non-hydrogen) atoms. The maximum Gasteiger partial charge on any atom is 0.272 e. The number of nitrogens with one attached hydrogen (secondary N) is 1. The van der Waals surface area contributed by atoms with Crippen molar-refractivity contribution in [2.45, 2.75) is 0 Å². The van der Waals surface area contributed by atoms with E-state index in [4.69, 9.17) is 16.0 Å². The molecule has 0 spiro atoms. The van der Waals surface area contributed by atoms with E-state index < -0.39 is 10.8 Å². The van der Waals surface area contributed by atoms with Gasteiger partial charge < -0.3 is 4.42 Å². The first-order valence-corrected chi connectivity index (χ1v) is 9.03. The van der Waals surface area contributed by atoms with Crippen molar-refractivity contribution in [1.29, 1.82) is 0 Å². The van der Waals surface area contributed by atoms with Gasteiger partial charge in [-0.1, -0.05) is 11.6 Å². The Labute approximate surface area is 172 Å². The first-order chi connectivity index (χ1) is 12.9. The molecule has 0 radical (unpaired) electrons. The number of hydrogen-bond acceptors (Lipinski definition) is 5. The van der Waals surface area contributed by atoms with Crippen LogP contribution in [-0.4, -0.2) is 17.0 Å². The van der Waals surface area contributed by atoms with Gasteiger partial charge >= 0.3 is 0 Å². The van der Waals surface area contributed by atoms with Gasteiger partial charge in [0.25, 0.3) is 11.6 Å². The van der Waals surface area contributed by atoms with Crippen molar-refractivity contribution >= 4 is 52.0 Å². The number of nitro benzene ring substituents is 1. The summed E-state index contributed by atoms with van der Waals surface area (Å²) in [6.45, 7) is 0. The molecule has 0 aliphatic heterocycles. The zero-order valence-electron chi connectivity index (χ0n) is 13.6. The summed E-state index contributed by atoms with van der Waals surface area (Å²) in [5.74, 6) is 0.507. The van der Waals surface area contributed by atoms with Gasteiger partial charge in [-0.15, -0.1) is 0 Å². The molecule has 0 saturated heterocycles. The number of amides is 1. The lowest BCUT2D eigenvalue weighted by molar-refractivity contribution is -0.384. The summed E-state index contributed by atoms with van der Waals surface area (Å²) in [5.41, 5.74) is 3.41. The number of benzene rings is 2. The topological polar surface area (TPSA) is 97.7 Å². The maximum atomic E-state index is 12.1. The Morgan fingerprint density at radius 1 is 1.19 bits per heavy atom. The number of rotatable bonds is 5. The van der Waals surface area contributed by atoms with Crippen molar-refractivity contribution in [3.8, 4) is 11.3 Å². The van der Waals surface area contributed by atoms with Crippen LogP contribution in [0.5, 0.6) is 0 Å². The monoisotopic (exact) mass is 495 g/mol. The normalized spacial score (nSPS) is 10.9. The minimum atomic E-state index is -0.466. The molecule has 136 valence electrons. The fraction of sp³-hybridized carbons (Fsp3) is 0. The van der Waals surface area contributed by atoms with Gasteiger partial charge in [0, 0.05) is 21.3 Å². The quantitative estimate of drug-likeness (QED) is 0.236. The lowest BCUT2D eigenvalue weighted by atomic mass is 10.1. The summed E-state index contributed by atoms with van der Waals surface area (Å²) in [6.07, 6.45) is 1.36. The van der Waals surface area contributed by atoms with Crippen molar-refractivity contribution < 1.29 is 14.1 Å². The molecule has 1 heterocycles. The Hall–Kier alpha value is -2.72. The Balaban J connectivity index is 1.67. The number of halogens is 2. The van der Waals surface area contributed by atoms with Crippen LogP contribution in [0.3, 0.4) is 0 Å². The Morgan fingerprint density at radius 2 is 1.93 bits per heavy atom. The third kappa shape index (κ3) is 4.72. The van der Waals surface area contributed by atoms with Crippen molar-refractivity contribution in [2.75, 3.05) is 0 Å². The summed E-state index contributed by atoms with van der Waals surface area (Å²) in [7, 11) is 0. The molecule has 1 N–H and O–H groups in total. The van der Waals surface area contributed by atoms with E-state index in [1.165, 1.54) is 18.3 Å². The highest BCUT2D eigenvalue weighted by molar-refractivity contribution is 14.1. The fourth-order valence-electron chi connectivity index (χ4n) is 2.21. The minimum Gasteiger partial charge on any atom is -0.455 e. The summed E-state index contributed by atoms with van der Waals surface area (Å²) >= 11 is 8.10. The molecule has 0 aliphatic carbocycles. The Morgan fingerprint density at radius 3 is 2.63 bits per heavy atom. The molecular weight excluding hydrogens is 485 g/mol. The Kier molecular flexibility index (Phi) is 5.87. The molecule has 3 aromatic rings. The van der Waals surface area contributed by atoms with Gasteiger partial charge in [0.1, 0.15) is 11.5 Å². The van der Waals surface area contributed by atoms with Gasteiger partial charge in [0.15, 0.2) is 0 Å². The highest BCUT2D eigenvalue weighted by atomic mass is 127. The number of nitro groups is 1. The number of furan rings is 1. The number of nitrogens with zero attached hydrogens (tertiary/aromatic N) is 2. The molecule has 0 unspecified atom stereocenters. The molecule has 3 rings (SSSR count). The number of hydrazone groups is 1. The SMILES string of the molecule is O=C(N/N=C/c1ccc(-c2ccc([N+](=O)[O-])cc2)o1)c1cc(I)ccc1Cl. The third-order valence-electron chi connectivity index (χ3n) is 3.52. The second kappa shape index (κ2) is 8.31. The summed E-state index contributed by atoms with van der Waals surface area (Å²) in [6, 6.07) is 14.5. The van der Waals surface area contributed by atoms with Crippen molar-refractivity contribution in [1.82, 2.24) is 5.43 Å². The lowest BCUT2D eigenvalue weighted by Gasteiger charge is -2.02.